The average Bonchev–Trinajstić information content (AvgIpc) is 3.29. The van der Waals surface area contributed by atoms with Crippen LogP contribution in [0.15, 0.2) is 42.5 Å². The van der Waals surface area contributed by atoms with Gasteiger partial charge in [-0.3, -0.25) is 14.9 Å². The third kappa shape index (κ3) is 4.32. The second-order valence-electron chi connectivity index (χ2n) is 7.26. The number of nitrogens with one attached hydrogen (secondary N) is 1. The van der Waals surface area contributed by atoms with Crippen molar-refractivity contribution in [1.82, 2.24) is 0 Å². The number of hydrogen-bond acceptors (Lipinski definition) is 6. The van der Waals surface area contributed by atoms with Gasteiger partial charge in [-0.2, -0.15) is 0 Å². The molecule has 2 aliphatic heterocycles. The number of hydrogen-bond donors (Lipinski definition) is 1. The maximum absolute atomic E-state index is 13.1. The lowest BCUT2D eigenvalue weighted by Crippen LogP contribution is -2.37. The Morgan fingerprint density at radius 1 is 1.00 bits per heavy atom. The first-order valence-electron chi connectivity index (χ1n) is 9.89. The Labute approximate surface area is 169 Å². The van der Waals surface area contributed by atoms with E-state index in [4.69, 9.17) is 4.74 Å². The molecule has 1 N–H and O–H groups in total. The fraction of sp³-hybridized carbons (Fsp3) is 0.381. The third-order valence-electron chi connectivity index (χ3n) is 5.36. The lowest BCUT2D eigenvalue weighted by atomic mass is 10.1. The Morgan fingerprint density at radius 2 is 1.76 bits per heavy atom. The van der Waals surface area contributed by atoms with Crippen molar-refractivity contribution in [3.8, 4) is 0 Å². The van der Waals surface area contributed by atoms with Crippen LogP contribution in [-0.4, -0.2) is 50.2 Å². The topological polar surface area (TPSA) is 88.0 Å². The first-order chi connectivity index (χ1) is 14.1. The van der Waals surface area contributed by atoms with E-state index in [1.54, 1.807) is 6.07 Å². The van der Waals surface area contributed by atoms with Crippen LogP contribution in [0, 0.1) is 10.1 Å². The van der Waals surface area contributed by atoms with Crippen LogP contribution < -0.4 is 15.1 Å². The van der Waals surface area contributed by atoms with Gasteiger partial charge in [-0.15, -0.1) is 0 Å². The average molecular weight is 396 g/mol. The van der Waals surface area contributed by atoms with Crippen LogP contribution in [0.25, 0.3) is 0 Å². The molecule has 0 aromatic heterocycles. The molecule has 0 saturated carbocycles. The van der Waals surface area contributed by atoms with E-state index in [2.05, 4.69) is 10.2 Å². The molecule has 0 atom stereocenters. The summed E-state index contributed by atoms with van der Waals surface area (Å²) in [4.78, 5) is 28.2. The second-order valence-corrected chi connectivity index (χ2v) is 7.26. The normalized spacial score (nSPS) is 16.7. The van der Waals surface area contributed by atoms with Crippen molar-refractivity contribution in [2.75, 3.05) is 54.5 Å². The van der Waals surface area contributed by atoms with E-state index in [0.29, 0.717) is 43.2 Å². The fourth-order valence-electron chi connectivity index (χ4n) is 3.85. The predicted octanol–water partition coefficient (Wildman–Crippen LogP) is 3.28. The number of non-ortho nitro benzene ring substituents is 1. The summed E-state index contributed by atoms with van der Waals surface area (Å²) in [5.41, 5.74) is 2.64. The number of nitro groups is 1. The maximum atomic E-state index is 13.1. The van der Waals surface area contributed by atoms with Crippen LogP contribution in [-0.2, 0) is 4.74 Å². The highest BCUT2D eigenvalue weighted by molar-refractivity contribution is 6.08. The van der Waals surface area contributed by atoms with Crippen LogP contribution in [0.2, 0.25) is 0 Å². The summed E-state index contributed by atoms with van der Waals surface area (Å²) in [7, 11) is 0. The van der Waals surface area contributed by atoms with E-state index >= 15 is 0 Å². The predicted molar refractivity (Wildman–Crippen MR) is 112 cm³/mol. The highest BCUT2D eigenvalue weighted by atomic mass is 16.6. The number of rotatable bonds is 5. The number of anilines is 3. The highest BCUT2D eigenvalue weighted by Gasteiger charge is 2.22. The summed E-state index contributed by atoms with van der Waals surface area (Å²) in [6, 6.07) is 12.2. The largest absolute Gasteiger partial charge is 0.378 e. The minimum absolute atomic E-state index is 0.0991. The number of carbonyl (C=O) groups is 1. The molecule has 4 rings (SSSR count). The molecule has 152 valence electrons. The molecule has 2 heterocycles. The molecule has 2 aromatic carbocycles. The first kappa shape index (κ1) is 19.2. The van der Waals surface area contributed by atoms with Gasteiger partial charge in [0.2, 0.25) is 0 Å². The number of amides is 1. The van der Waals surface area contributed by atoms with Crippen molar-refractivity contribution in [3.63, 3.8) is 0 Å². The van der Waals surface area contributed by atoms with Crippen molar-refractivity contribution in [3.05, 3.63) is 58.1 Å². The molecule has 2 saturated heterocycles. The van der Waals surface area contributed by atoms with Crippen LogP contribution in [0.3, 0.4) is 0 Å². The van der Waals surface area contributed by atoms with Gasteiger partial charge in [0, 0.05) is 49.7 Å². The molecule has 0 aliphatic carbocycles. The molecule has 0 bridgehead atoms. The van der Waals surface area contributed by atoms with E-state index in [0.717, 1.165) is 18.8 Å². The molecule has 2 fully saturated rings. The summed E-state index contributed by atoms with van der Waals surface area (Å²) >= 11 is 0. The second kappa shape index (κ2) is 8.48. The Balaban J connectivity index is 1.60. The van der Waals surface area contributed by atoms with Gasteiger partial charge >= 0.3 is 0 Å². The summed E-state index contributed by atoms with van der Waals surface area (Å²) in [6.07, 6.45) is 2.35. The molecule has 0 unspecified atom stereocenters. The third-order valence-corrected chi connectivity index (χ3v) is 5.36. The zero-order valence-corrected chi connectivity index (χ0v) is 16.2. The lowest BCUT2D eigenvalue weighted by molar-refractivity contribution is -0.384. The van der Waals surface area contributed by atoms with E-state index in [1.807, 2.05) is 29.2 Å². The van der Waals surface area contributed by atoms with Crippen LogP contribution in [0.4, 0.5) is 22.7 Å². The monoisotopic (exact) mass is 396 g/mol. The fourth-order valence-corrected chi connectivity index (χ4v) is 3.85. The van der Waals surface area contributed by atoms with E-state index < -0.39 is 4.92 Å². The van der Waals surface area contributed by atoms with Crippen molar-refractivity contribution >= 4 is 28.7 Å². The smallest absolute Gasteiger partial charge is 0.270 e. The van der Waals surface area contributed by atoms with Gasteiger partial charge in [0.15, 0.2) is 0 Å². The van der Waals surface area contributed by atoms with Crippen molar-refractivity contribution in [1.29, 1.82) is 0 Å². The Bertz CT molecular complexity index is 905. The minimum atomic E-state index is -0.478. The zero-order chi connectivity index (χ0) is 20.2. The zero-order valence-electron chi connectivity index (χ0n) is 16.2. The van der Waals surface area contributed by atoms with E-state index in [1.165, 1.54) is 25.0 Å². The van der Waals surface area contributed by atoms with Crippen LogP contribution >= 0.6 is 0 Å². The van der Waals surface area contributed by atoms with Crippen molar-refractivity contribution in [2.45, 2.75) is 12.8 Å². The van der Waals surface area contributed by atoms with Gasteiger partial charge in [-0.1, -0.05) is 6.07 Å². The molecule has 0 spiro atoms. The quantitative estimate of drug-likeness (QED) is 0.616. The van der Waals surface area contributed by atoms with Crippen LogP contribution in [0.1, 0.15) is 23.2 Å². The Morgan fingerprint density at radius 3 is 2.48 bits per heavy atom. The van der Waals surface area contributed by atoms with E-state index in [-0.39, 0.29) is 11.6 Å². The number of ether oxygens (including phenoxy) is 1. The number of nitro benzene ring substituents is 1. The summed E-state index contributed by atoms with van der Waals surface area (Å²) in [6.45, 7) is 4.45. The molecule has 8 nitrogen and oxygen atoms in total. The number of nitrogens with zero attached hydrogens (tertiary/aromatic N) is 3. The lowest BCUT2D eigenvalue weighted by Gasteiger charge is -2.30. The molecular formula is C21H24N4O4. The first-order valence-corrected chi connectivity index (χ1v) is 9.89. The molecule has 0 radical (unpaired) electrons. The van der Waals surface area contributed by atoms with Crippen molar-refractivity contribution in [2.24, 2.45) is 0 Å². The SMILES string of the molecule is O=C(Nc1cccc(N2CCCC2)c1)c1cc([N+](=O)[O-])ccc1N1CCOCC1. The summed E-state index contributed by atoms with van der Waals surface area (Å²) < 4.78 is 5.39. The summed E-state index contributed by atoms with van der Waals surface area (Å²) in [5, 5.41) is 14.2. The van der Waals surface area contributed by atoms with Gasteiger partial charge in [-0.25, -0.2) is 0 Å². The molecule has 29 heavy (non-hydrogen) atoms. The van der Waals surface area contributed by atoms with Gasteiger partial charge < -0.3 is 19.9 Å². The maximum Gasteiger partial charge on any atom is 0.270 e. The standard InChI is InChI=1S/C21H24N4O4/c26-21(22-16-4-3-5-17(14-16)23-8-1-2-9-23)19-15-18(25(27)28)6-7-20(19)24-10-12-29-13-11-24/h3-7,14-15H,1-2,8-13H2,(H,22,26). The molecule has 8 heteroatoms. The number of carbonyl (C=O) groups excluding carboxylic acids is 1. The molecule has 1 amide bonds. The molecular weight excluding hydrogens is 372 g/mol. The molecule has 2 aromatic rings. The van der Waals surface area contributed by atoms with Gasteiger partial charge in [-0.05, 0) is 37.1 Å². The summed E-state index contributed by atoms with van der Waals surface area (Å²) in [5.74, 6) is -0.353. The van der Waals surface area contributed by atoms with E-state index in [9.17, 15) is 14.9 Å². The number of morpholine rings is 1. The minimum Gasteiger partial charge on any atom is -0.378 e. The highest BCUT2D eigenvalue weighted by Crippen LogP contribution is 2.28. The Kier molecular flexibility index (Phi) is 5.62. The van der Waals surface area contributed by atoms with Crippen molar-refractivity contribution < 1.29 is 14.5 Å². The molecule has 2 aliphatic rings. The number of benzene rings is 2. The van der Waals surface area contributed by atoms with Gasteiger partial charge in [0.1, 0.15) is 0 Å². The Hall–Kier alpha value is -3.13. The van der Waals surface area contributed by atoms with Gasteiger partial charge in [0.25, 0.3) is 11.6 Å². The van der Waals surface area contributed by atoms with Gasteiger partial charge in [0.05, 0.1) is 29.4 Å². The van der Waals surface area contributed by atoms with Crippen LogP contribution in [0.5, 0.6) is 0 Å².